The van der Waals surface area contributed by atoms with Crippen LogP contribution in [0.25, 0.3) is 0 Å². The molecule has 0 aliphatic heterocycles. The molecule has 2 aromatic rings. The molecule has 6 heteroatoms. The molecule has 5 nitrogen and oxygen atoms in total. The van der Waals surface area contributed by atoms with E-state index in [1.165, 1.54) is 0 Å². The van der Waals surface area contributed by atoms with Gasteiger partial charge < -0.3 is 15.1 Å². The van der Waals surface area contributed by atoms with E-state index >= 15 is 0 Å². The van der Waals surface area contributed by atoms with Crippen molar-refractivity contribution in [3.05, 3.63) is 52.9 Å². The van der Waals surface area contributed by atoms with Gasteiger partial charge in [-0.1, -0.05) is 22.0 Å². The number of carbonyl (C=O) groups excluding carboxylic acids is 2. The molecular weight excluding hydrogens is 348 g/mol. The Hall–Kier alpha value is -2.08. The maximum atomic E-state index is 12.1. The summed E-state index contributed by atoms with van der Waals surface area (Å²) in [7, 11) is 0. The van der Waals surface area contributed by atoms with Crippen LogP contribution in [-0.2, 0) is 16.1 Å². The van der Waals surface area contributed by atoms with E-state index in [1.807, 2.05) is 24.3 Å². The van der Waals surface area contributed by atoms with Crippen LogP contribution in [0.3, 0.4) is 0 Å². The molecule has 1 aliphatic rings. The summed E-state index contributed by atoms with van der Waals surface area (Å²) in [5.41, 5.74) is 0.723. The number of nitrogens with one attached hydrogen (secondary N) is 2. The largest absolute Gasteiger partial charge is 0.467 e. The van der Waals surface area contributed by atoms with Crippen molar-refractivity contribution in [1.82, 2.24) is 5.32 Å². The number of rotatable bonds is 5. The molecule has 114 valence electrons. The molecule has 3 rings (SSSR count). The van der Waals surface area contributed by atoms with Gasteiger partial charge in [0, 0.05) is 10.2 Å². The Morgan fingerprint density at radius 3 is 2.73 bits per heavy atom. The van der Waals surface area contributed by atoms with E-state index in [9.17, 15) is 9.59 Å². The summed E-state index contributed by atoms with van der Waals surface area (Å²) in [6, 6.07) is 10.9. The molecule has 2 unspecified atom stereocenters. The van der Waals surface area contributed by atoms with Gasteiger partial charge in [0.2, 0.25) is 11.8 Å². The number of hydrogen-bond acceptors (Lipinski definition) is 3. The standard InChI is InChI=1S/C16H15BrN2O3/c17-10-3-1-4-11(7-10)19-16(21)14-8-13(14)15(20)18-9-12-5-2-6-22-12/h1-7,13-14H,8-9H2,(H,18,20)(H,19,21). The van der Waals surface area contributed by atoms with Crippen molar-refractivity contribution >= 4 is 33.4 Å². The second-order valence-electron chi connectivity index (χ2n) is 5.25. The maximum absolute atomic E-state index is 12.1. The molecule has 2 amide bonds. The topological polar surface area (TPSA) is 71.3 Å². The van der Waals surface area contributed by atoms with Gasteiger partial charge in [-0.2, -0.15) is 0 Å². The van der Waals surface area contributed by atoms with Crippen molar-refractivity contribution in [1.29, 1.82) is 0 Å². The number of furan rings is 1. The summed E-state index contributed by atoms with van der Waals surface area (Å²) < 4.78 is 6.05. The average molecular weight is 363 g/mol. The van der Waals surface area contributed by atoms with Gasteiger partial charge in [-0.05, 0) is 36.8 Å². The van der Waals surface area contributed by atoms with Gasteiger partial charge in [0.1, 0.15) is 5.76 Å². The highest BCUT2D eigenvalue weighted by Crippen LogP contribution is 2.39. The molecule has 2 atom stereocenters. The summed E-state index contributed by atoms with van der Waals surface area (Å²) in [6.45, 7) is 0.350. The fourth-order valence-corrected chi connectivity index (χ4v) is 2.69. The Kier molecular flexibility index (Phi) is 4.29. The van der Waals surface area contributed by atoms with Crippen molar-refractivity contribution in [2.75, 3.05) is 5.32 Å². The fraction of sp³-hybridized carbons (Fsp3) is 0.250. The lowest BCUT2D eigenvalue weighted by Gasteiger charge is -2.06. The normalized spacial score (nSPS) is 19.5. The second kappa shape index (κ2) is 6.36. The highest BCUT2D eigenvalue weighted by Gasteiger charge is 2.47. The van der Waals surface area contributed by atoms with Crippen molar-refractivity contribution in [2.24, 2.45) is 11.8 Å². The van der Waals surface area contributed by atoms with Crippen molar-refractivity contribution in [3.63, 3.8) is 0 Å². The molecule has 0 spiro atoms. The van der Waals surface area contributed by atoms with E-state index in [2.05, 4.69) is 26.6 Å². The highest BCUT2D eigenvalue weighted by molar-refractivity contribution is 9.10. The predicted octanol–water partition coefficient (Wildman–Crippen LogP) is 2.93. The lowest BCUT2D eigenvalue weighted by molar-refractivity contribution is -0.125. The van der Waals surface area contributed by atoms with Crippen LogP contribution in [0.1, 0.15) is 12.2 Å². The van der Waals surface area contributed by atoms with E-state index in [-0.39, 0.29) is 23.7 Å². The molecular formula is C16H15BrN2O3. The summed E-state index contributed by atoms with van der Waals surface area (Å²) in [6.07, 6.45) is 2.15. The van der Waals surface area contributed by atoms with E-state index in [4.69, 9.17) is 4.42 Å². The lowest BCUT2D eigenvalue weighted by Crippen LogP contribution is -2.26. The summed E-state index contributed by atoms with van der Waals surface area (Å²) in [5.74, 6) is -0.0242. The second-order valence-corrected chi connectivity index (χ2v) is 6.16. The first-order valence-corrected chi connectivity index (χ1v) is 7.79. The first-order chi connectivity index (χ1) is 10.6. The van der Waals surface area contributed by atoms with Crippen LogP contribution >= 0.6 is 15.9 Å². The molecule has 1 heterocycles. The molecule has 1 aromatic carbocycles. The van der Waals surface area contributed by atoms with Gasteiger partial charge in [-0.25, -0.2) is 0 Å². The van der Waals surface area contributed by atoms with E-state index in [0.29, 0.717) is 18.7 Å². The number of hydrogen-bond donors (Lipinski definition) is 2. The van der Waals surface area contributed by atoms with Gasteiger partial charge in [0.05, 0.1) is 24.6 Å². The van der Waals surface area contributed by atoms with Crippen LogP contribution in [0.15, 0.2) is 51.6 Å². The third-order valence-corrected chi connectivity index (χ3v) is 4.07. The molecule has 1 fully saturated rings. The first kappa shape index (κ1) is 14.8. The maximum Gasteiger partial charge on any atom is 0.228 e. The van der Waals surface area contributed by atoms with E-state index < -0.39 is 0 Å². The minimum Gasteiger partial charge on any atom is -0.467 e. The SMILES string of the molecule is O=C(NCc1ccco1)C1CC1C(=O)Nc1cccc(Br)c1. The molecule has 1 aliphatic carbocycles. The smallest absolute Gasteiger partial charge is 0.228 e. The highest BCUT2D eigenvalue weighted by atomic mass is 79.9. The molecule has 0 saturated heterocycles. The fourth-order valence-electron chi connectivity index (χ4n) is 2.29. The minimum absolute atomic E-state index is 0.106. The summed E-state index contributed by atoms with van der Waals surface area (Å²) >= 11 is 3.35. The average Bonchev–Trinajstić information content (AvgIpc) is 3.13. The summed E-state index contributed by atoms with van der Waals surface area (Å²) in [5, 5.41) is 5.62. The van der Waals surface area contributed by atoms with Crippen LogP contribution in [0.2, 0.25) is 0 Å². The third kappa shape index (κ3) is 3.57. The predicted molar refractivity (Wildman–Crippen MR) is 84.9 cm³/mol. The number of carbonyl (C=O) groups is 2. The first-order valence-electron chi connectivity index (χ1n) is 7.00. The monoisotopic (exact) mass is 362 g/mol. The molecule has 1 saturated carbocycles. The summed E-state index contributed by atoms with van der Waals surface area (Å²) in [4.78, 5) is 24.1. The van der Waals surface area contributed by atoms with E-state index in [1.54, 1.807) is 18.4 Å². The van der Waals surface area contributed by atoms with Gasteiger partial charge in [-0.15, -0.1) is 0 Å². The van der Waals surface area contributed by atoms with Crippen LogP contribution in [0.5, 0.6) is 0 Å². The number of anilines is 1. The molecule has 0 bridgehead atoms. The number of amides is 2. The Balaban J connectivity index is 1.48. The van der Waals surface area contributed by atoms with E-state index in [0.717, 1.165) is 10.2 Å². The zero-order valence-corrected chi connectivity index (χ0v) is 13.3. The van der Waals surface area contributed by atoms with Crippen molar-refractivity contribution < 1.29 is 14.0 Å². The third-order valence-electron chi connectivity index (χ3n) is 3.57. The Morgan fingerprint density at radius 1 is 1.18 bits per heavy atom. The van der Waals surface area contributed by atoms with Crippen LogP contribution in [0, 0.1) is 11.8 Å². The quantitative estimate of drug-likeness (QED) is 0.858. The number of halogens is 1. The van der Waals surface area contributed by atoms with Gasteiger partial charge >= 0.3 is 0 Å². The Bertz CT molecular complexity index is 684. The lowest BCUT2D eigenvalue weighted by atomic mass is 10.2. The van der Waals surface area contributed by atoms with Crippen LogP contribution in [-0.4, -0.2) is 11.8 Å². The number of benzene rings is 1. The van der Waals surface area contributed by atoms with Gasteiger partial charge in [-0.3, -0.25) is 9.59 Å². The van der Waals surface area contributed by atoms with Crippen LogP contribution in [0.4, 0.5) is 5.69 Å². The van der Waals surface area contributed by atoms with Crippen LogP contribution < -0.4 is 10.6 Å². The van der Waals surface area contributed by atoms with Gasteiger partial charge in [0.25, 0.3) is 0 Å². The Labute approximate surface area is 136 Å². The Morgan fingerprint density at radius 2 is 2.00 bits per heavy atom. The molecule has 2 N–H and O–H groups in total. The molecule has 22 heavy (non-hydrogen) atoms. The molecule has 0 radical (unpaired) electrons. The zero-order chi connectivity index (χ0) is 15.5. The molecule has 1 aromatic heterocycles. The van der Waals surface area contributed by atoms with Crippen molar-refractivity contribution in [2.45, 2.75) is 13.0 Å². The zero-order valence-electron chi connectivity index (χ0n) is 11.7. The van der Waals surface area contributed by atoms with Gasteiger partial charge in [0.15, 0.2) is 0 Å². The minimum atomic E-state index is -0.254. The van der Waals surface area contributed by atoms with Crippen molar-refractivity contribution in [3.8, 4) is 0 Å².